The van der Waals surface area contributed by atoms with Crippen molar-refractivity contribution in [2.45, 2.75) is 36.5 Å². The topological polar surface area (TPSA) is 195 Å². The fraction of sp³-hybridized carbons (Fsp3) is 0.318. The lowest BCUT2D eigenvalue weighted by atomic mass is 10.0. The van der Waals surface area contributed by atoms with E-state index in [4.69, 9.17) is 20.9 Å². The van der Waals surface area contributed by atoms with Crippen LogP contribution in [-0.4, -0.2) is 53.7 Å². The number of rotatable bonds is 4. The van der Waals surface area contributed by atoms with Crippen molar-refractivity contribution in [2.75, 3.05) is 19.0 Å². The number of aliphatic imine (C=N–C) groups is 1. The minimum absolute atomic E-state index is 0.00107. The van der Waals surface area contributed by atoms with Crippen molar-refractivity contribution >= 4 is 37.5 Å². The SMILES string of the molecule is CCc1cc2c(cc1C(=O)N=C(N)N)S(=O)(=O)CO2.CCc1cc2c(cc1C(=O)OC)S(=O)(=O)CO2. The lowest BCUT2D eigenvalue weighted by Crippen LogP contribution is -2.24. The van der Waals surface area contributed by atoms with E-state index in [9.17, 15) is 26.4 Å². The molecule has 0 fully saturated rings. The number of carbonyl (C=O) groups excluding carboxylic acids is 2. The highest BCUT2D eigenvalue weighted by Gasteiger charge is 2.31. The van der Waals surface area contributed by atoms with Crippen LogP contribution in [0.15, 0.2) is 39.0 Å². The van der Waals surface area contributed by atoms with Gasteiger partial charge in [0.05, 0.1) is 12.7 Å². The summed E-state index contributed by atoms with van der Waals surface area (Å²) >= 11 is 0. The largest absolute Gasteiger partial charge is 0.476 e. The van der Waals surface area contributed by atoms with E-state index in [0.29, 0.717) is 29.7 Å². The number of hydrogen-bond donors (Lipinski definition) is 2. The smallest absolute Gasteiger partial charge is 0.338 e. The molecule has 12 nitrogen and oxygen atoms in total. The third-order valence-corrected chi connectivity index (χ3v) is 8.21. The average Bonchev–Trinajstić information content (AvgIpc) is 3.30. The zero-order valence-corrected chi connectivity index (χ0v) is 21.4. The number of benzene rings is 2. The Morgan fingerprint density at radius 2 is 1.31 bits per heavy atom. The van der Waals surface area contributed by atoms with Gasteiger partial charge in [0.25, 0.3) is 5.91 Å². The molecule has 2 heterocycles. The highest BCUT2D eigenvalue weighted by molar-refractivity contribution is 7.91. The maximum Gasteiger partial charge on any atom is 0.338 e. The van der Waals surface area contributed by atoms with Gasteiger partial charge in [0.1, 0.15) is 21.3 Å². The van der Waals surface area contributed by atoms with E-state index in [2.05, 4.69) is 9.73 Å². The van der Waals surface area contributed by atoms with Gasteiger partial charge in [-0.3, -0.25) is 4.79 Å². The number of fused-ring (bicyclic) bond motifs is 2. The molecule has 0 atom stereocenters. The maximum atomic E-state index is 11.9. The molecule has 0 spiro atoms. The van der Waals surface area contributed by atoms with Gasteiger partial charge in [-0.2, -0.15) is 4.99 Å². The number of nitrogens with zero attached hydrogens (tertiary/aromatic N) is 1. The summed E-state index contributed by atoms with van der Waals surface area (Å²) in [4.78, 5) is 26.9. The number of sulfone groups is 2. The van der Waals surface area contributed by atoms with Crippen LogP contribution in [0.4, 0.5) is 0 Å². The number of guanidine groups is 1. The van der Waals surface area contributed by atoms with Crippen LogP contribution < -0.4 is 20.9 Å². The van der Waals surface area contributed by atoms with Crippen molar-refractivity contribution in [1.82, 2.24) is 0 Å². The molecule has 0 aromatic heterocycles. The van der Waals surface area contributed by atoms with Crippen LogP contribution in [0.5, 0.6) is 11.5 Å². The molecule has 0 aliphatic carbocycles. The predicted molar refractivity (Wildman–Crippen MR) is 128 cm³/mol. The molecule has 2 aromatic rings. The Hall–Kier alpha value is -3.65. The molecule has 14 heteroatoms. The summed E-state index contributed by atoms with van der Waals surface area (Å²) in [6.07, 6.45) is 1.12. The zero-order valence-electron chi connectivity index (χ0n) is 19.7. The predicted octanol–water partition coefficient (Wildman–Crippen LogP) is 0.945. The van der Waals surface area contributed by atoms with Crippen LogP contribution in [-0.2, 0) is 37.3 Å². The number of nitrogens with two attached hydrogens (primary N) is 2. The number of aryl methyl sites for hydroxylation is 2. The molecule has 2 aromatic carbocycles. The zero-order chi connectivity index (χ0) is 26.8. The first-order valence-electron chi connectivity index (χ1n) is 10.6. The number of hydrogen-bond acceptors (Lipinski definition) is 9. The molecule has 1 amide bonds. The van der Waals surface area contributed by atoms with E-state index in [1.54, 1.807) is 6.07 Å². The normalized spacial score (nSPS) is 15.8. The molecule has 0 unspecified atom stereocenters. The van der Waals surface area contributed by atoms with Crippen molar-refractivity contribution in [3.63, 3.8) is 0 Å². The van der Waals surface area contributed by atoms with E-state index in [1.165, 1.54) is 25.3 Å². The minimum atomic E-state index is -3.50. The summed E-state index contributed by atoms with van der Waals surface area (Å²) in [5, 5.41) is 0. The summed E-state index contributed by atoms with van der Waals surface area (Å²) in [5.41, 5.74) is 12.1. The van der Waals surface area contributed by atoms with Gasteiger partial charge in [-0.25, -0.2) is 21.6 Å². The maximum absolute atomic E-state index is 11.9. The van der Waals surface area contributed by atoms with E-state index in [-0.39, 0.29) is 38.6 Å². The van der Waals surface area contributed by atoms with Gasteiger partial charge in [-0.1, -0.05) is 13.8 Å². The van der Waals surface area contributed by atoms with Gasteiger partial charge in [0, 0.05) is 5.56 Å². The molecular formula is C22H25N3O9S2. The summed E-state index contributed by atoms with van der Waals surface area (Å²) < 4.78 is 61.5. The first-order valence-corrected chi connectivity index (χ1v) is 13.9. The highest BCUT2D eigenvalue weighted by Crippen LogP contribution is 2.35. The van der Waals surface area contributed by atoms with Crippen LogP contribution in [0.3, 0.4) is 0 Å². The van der Waals surface area contributed by atoms with Crippen LogP contribution in [0.25, 0.3) is 0 Å². The second-order valence-corrected chi connectivity index (χ2v) is 11.5. The molecule has 0 saturated carbocycles. The number of esters is 1. The molecule has 194 valence electrons. The van der Waals surface area contributed by atoms with E-state index in [1.807, 2.05) is 13.8 Å². The number of carbonyl (C=O) groups is 2. The Kier molecular flexibility index (Phi) is 7.59. The van der Waals surface area contributed by atoms with Crippen LogP contribution in [0.1, 0.15) is 45.7 Å². The second kappa shape index (κ2) is 10.1. The summed E-state index contributed by atoms with van der Waals surface area (Å²) in [5.74, 6) is -1.77. The van der Waals surface area contributed by atoms with E-state index < -0.39 is 37.5 Å². The first-order chi connectivity index (χ1) is 16.8. The number of methoxy groups -OCH3 is 1. The molecule has 0 saturated heterocycles. The molecular weight excluding hydrogens is 514 g/mol. The summed E-state index contributed by atoms with van der Waals surface area (Å²) in [6, 6.07) is 5.73. The van der Waals surface area contributed by atoms with Crippen LogP contribution in [0, 0.1) is 0 Å². The van der Waals surface area contributed by atoms with Gasteiger partial charge in [-0.15, -0.1) is 0 Å². The lowest BCUT2D eigenvalue weighted by molar-refractivity contribution is 0.0599. The Labute approximate surface area is 208 Å². The minimum Gasteiger partial charge on any atom is -0.476 e. The van der Waals surface area contributed by atoms with Crippen molar-refractivity contribution in [1.29, 1.82) is 0 Å². The number of amides is 1. The lowest BCUT2D eigenvalue weighted by Gasteiger charge is -2.07. The molecule has 0 radical (unpaired) electrons. The first kappa shape index (κ1) is 26.9. The molecule has 0 bridgehead atoms. The number of ether oxygens (including phenoxy) is 3. The van der Waals surface area contributed by atoms with Crippen molar-refractivity contribution in [2.24, 2.45) is 16.5 Å². The molecule has 2 aliphatic heterocycles. The van der Waals surface area contributed by atoms with Crippen molar-refractivity contribution < 1.29 is 40.6 Å². The van der Waals surface area contributed by atoms with Gasteiger partial charge < -0.3 is 25.7 Å². The monoisotopic (exact) mass is 539 g/mol. The average molecular weight is 540 g/mol. The van der Waals surface area contributed by atoms with Crippen LogP contribution >= 0.6 is 0 Å². The van der Waals surface area contributed by atoms with Crippen molar-refractivity contribution in [3.8, 4) is 11.5 Å². The summed E-state index contributed by atoms with van der Waals surface area (Å²) in [6.45, 7) is 3.70. The molecule has 36 heavy (non-hydrogen) atoms. The quantitative estimate of drug-likeness (QED) is 0.319. The standard InChI is InChI=1S/C11H13N3O4S.C11H12O5S/c1-2-6-3-8-9(19(16,17)5-18-8)4-7(6)10(15)14-11(12)13;1-3-7-4-9-10(17(13,14)6-16-9)5-8(7)11(12)15-2/h3-4H,2,5H2,1H3,(H4,12,13,14,15);4-5H,3,6H2,1-2H3. The van der Waals surface area contributed by atoms with Gasteiger partial charge >= 0.3 is 5.97 Å². The second-order valence-electron chi connectivity index (χ2n) is 7.71. The van der Waals surface area contributed by atoms with Crippen LogP contribution in [0.2, 0.25) is 0 Å². The third-order valence-electron chi connectivity index (χ3n) is 5.38. The Balaban J connectivity index is 0.000000202. The highest BCUT2D eigenvalue weighted by atomic mass is 32.2. The Morgan fingerprint density at radius 1 is 0.861 bits per heavy atom. The fourth-order valence-corrected chi connectivity index (χ4v) is 5.85. The van der Waals surface area contributed by atoms with Gasteiger partial charge in [-0.05, 0) is 48.2 Å². The van der Waals surface area contributed by atoms with E-state index >= 15 is 0 Å². The molecule has 4 rings (SSSR count). The van der Waals surface area contributed by atoms with Crippen molar-refractivity contribution in [3.05, 3.63) is 46.5 Å². The molecule has 4 N–H and O–H groups in total. The van der Waals surface area contributed by atoms with Gasteiger partial charge in [0.15, 0.2) is 17.8 Å². The fourth-order valence-electron chi connectivity index (χ4n) is 3.59. The summed E-state index contributed by atoms with van der Waals surface area (Å²) in [7, 11) is -5.66. The van der Waals surface area contributed by atoms with Gasteiger partial charge in [0.2, 0.25) is 19.7 Å². The Morgan fingerprint density at radius 3 is 1.72 bits per heavy atom. The molecule has 2 aliphatic rings. The Bertz CT molecular complexity index is 1480. The van der Waals surface area contributed by atoms with E-state index in [0.717, 1.165) is 0 Å². The third kappa shape index (κ3) is 5.28.